The number of hydrogen-bond acceptors (Lipinski definition) is 6. The Hall–Kier alpha value is -2.48. The molecular formula is C19H20F2N4O2. The predicted molar refractivity (Wildman–Crippen MR) is 96.0 cm³/mol. The first-order valence-electron chi connectivity index (χ1n) is 9.18. The molecule has 5 rings (SSSR count). The topological polar surface area (TPSA) is 73.5 Å². The van der Waals surface area contributed by atoms with Crippen LogP contribution in [0.5, 0.6) is 5.88 Å². The fourth-order valence-electron chi connectivity index (χ4n) is 4.01. The molecule has 2 atom stereocenters. The number of aromatic nitrogens is 2. The minimum absolute atomic E-state index is 0.147. The van der Waals surface area contributed by atoms with Gasteiger partial charge < -0.3 is 20.1 Å². The molecule has 2 aliphatic heterocycles. The average Bonchev–Trinajstić information content (AvgIpc) is 3.29. The third-order valence-corrected chi connectivity index (χ3v) is 5.48. The molecule has 2 aromatic rings. The Bertz CT molecular complexity index is 875. The zero-order chi connectivity index (χ0) is 18.5. The van der Waals surface area contributed by atoms with E-state index >= 15 is 0 Å². The maximum absolute atomic E-state index is 12.6. The molecule has 1 aliphatic carbocycles. The first-order valence-corrected chi connectivity index (χ1v) is 9.18. The van der Waals surface area contributed by atoms with E-state index in [0.29, 0.717) is 23.8 Å². The molecule has 27 heavy (non-hydrogen) atoms. The van der Waals surface area contributed by atoms with E-state index in [1.807, 2.05) is 6.07 Å². The molecule has 142 valence electrons. The second-order valence-corrected chi connectivity index (χ2v) is 7.41. The van der Waals surface area contributed by atoms with Crippen molar-refractivity contribution >= 4 is 11.5 Å². The highest BCUT2D eigenvalue weighted by atomic mass is 19.3. The van der Waals surface area contributed by atoms with Crippen molar-refractivity contribution in [2.45, 2.75) is 43.9 Å². The summed E-state index contributed by atoms with van der Waals surface area (Å²) in [5, 5.41) is 0. The Morgan fingerprint density at radius 2 is 2.11 bits per heavy atom. The van der Waals surface area contributed by atoms with Crippen LogP contribution in [0.2, 0.25) is 0 Å². The maximum Gasteiger partial charge on any atom is 0.388 e. The monoisotopic (exact) mass is 374 g/mol. The number of anilines is 2. The summed E-state index contributed by atoms with van der Waals surface area (Å²) in [7, 11) is 0. The van der Waals surface area contributed by atoms with Crippen LogP contribution in [0.1, 0.15) is 30.7 Å². The smallest absolute Gasteiger partial charge is 0.388 e. The van der Waals surface area contributed by atoms with Gasteiger partial charge in [-0.1, -0.05) is 0 Å². The summed E-state index contributed by atoms with van der Waals surface area (Å²) >= 11 is 0. The highest BCUT2D eigenvalue weighted by Gasteiger charge is 2.39. The fourth-order valence-corrected chi connectivity index (χ4v) is 4.01. The van der Waals surface area contributed by atoms with E-state index in [4.69, 9.17) is 10.5 Å². The molecule has 2 saturated heterocycles. The summed E-state index contributed by atoms with van der Waals surface area (Å²) in [6.07, 6.45) is 5.20. The molecule has 3 fully saturated rings. The number of nitrogens with two attached hydrogens (primary N) is 1. The molecule has 2 N–H and O–H groups in total. The second kappa shape index (κ2) is 6.30. The highest BCUT2D eigenvalue weighted by molar-refractivity contribution is 5.69. The molecule has 1 saturated carbocycles. The van der Waals surface area contributed by atoms with Crippen molar-refractivity contribution in [3.05, 3.63) is 30.0 Å². The van der Waals surface area contributed by atoms with Gasteiger partial charge in [-0.3, -0.25) is 0 Å². The molecule has 0 spiro atoms. The van der Waals surface area contributed by atoms with Crippen LogP contribution >= 0.6 is 0 Å². The van der Waals surface area contributed by atoms with Crippen molar-refractivity contribution in [1.82, 2.24) is 9.97 Å². The first kappa shape index (κ1) is 16.7. The number of rotatable bonds is 5. The van der Waals surface area contributed by atoms with E-state index < -0.39 is 6.61 Å². The number of halogens is 2. The molecule has 0 unspecified atom stereocenters. The zero-order valence-corrected chi connectivity index (χ0v) is 14.6. The van der Waals surface area contributed by atoms with Crippen molar-refractivity contribution in [2.75, 3.05) is 23.8 Å². The molecular weight excluding hydrogens is 354 g/mol. The first-order chi connectivity index (χ1) is 13.1. The van der Waals surface area contributed by atoms with Crippen molar-refractivity contribution in [3.63, 3.8) is 0 Å². The fraction of sp³-hybridized carbons (Fsp3) is 0.474. The molecule has 0 amide bonds. The van der Waals surface area contributed by atoms with Gasteiger partial charge in [0.2, 0.25) is 0 Å². The minimum atomic E-state index is -3.00. The standard InChI is InChI=1S/C19H20F2N4O2/c20-19(21)27-18-17(22)23-7-16(24-18)12-3-11(10-1-2-10)4-13(5-12)25-8-15-6-14(25)9-26-15/h3-5,7,10,14-15,19H,1-2,6,8-9H2,(H2,22,23)/t14-,15-/m0/s1. The lowest BCUT2D eigenvalue weighted by Gasteiger charge is -2.30. The summed E-state index contributed by atoms with van der Waals surface area (Å²) in [4.78, 5) is 10.6. The quantitative estimate of drug-likeness (QED) is 0.867. The summed E-state index contributed by atoms with van der Waals surface area (Å²) in [6, 6.07) is 6.74. The van der Waals surface area contributed by atoms with Crippen LogP contribution in [-0.4, -0.2) is 41.9 Å². The van der Waals surface area contributed by atoms with Gasteiger partial charge >= 0.3 is 6.61 Å². The van der Waals surface area contributed by atoms with Gasteiger partial charge in [0.15, 0.2) is 5.82 Å². The van der Waals surface area contributed by atoms with Crippen LogP contribution in [0.25, 0.3) is 11.3 Å². The highest BCUT2D eigenvalue weighted by Crippen LogP contribution is 2.44. The molecule has 6 nitrogen and oxygen atoms in total. The maximum atomic E-state index is 12.6. The molecule has 3 heterocycles. The molecule has 8 heteroatoms. The van der Waals surface area contributed by atoms with E-state index in [-0.39, 0.29) is 11.7 Å². The van der Waals surface area contributed by atoms with Crippen molar-refractivity contribution in [2.24, 2.45) is 0 Å². The number of nitrogens with zero attached hydrogens (tertiary/aromatic N) is 3. The van der Waals surface area contributed by atoms with Crippen LogP contribution in [-0.2, 0) is 4.74 Å². The van der Waals surface area contributed by atoms with Gasteiger partial charge in [0.1, 0.15) is 0 Å². The van der Waals surface area contributed by atoms with Crippen molar-refractivity contribution in [3.8, 4) is 17.1 Å². The number of morpholine rings is 1. The predicted octanol–water partition coefficient (Wildman–Crippen LogP) is 3.18. The largest absolute Gasteiger partial charge is 0.413 e. The number of alkyl halides is 2. The number of nitrogen functional groups attached to an aromatic ring is 1. The third kappa shape index (κ3) is 3.18. The van der Waals surface area contributed by atoms with Gasteiger partial charge in [-0.05, 0) is 48.9 Å². The van der Waals surface area contributed by atoms with Gasteiger partial charge in [0.05, 0.1) is 30.6 Å². The minimum Gasteiger partial charge on any atom is -0.413 e. The lowest BCUT2D eigenvalue weighted by molar-refractivity contribution is -0.0524. The van der Waals surface area contributed by atoms with Crippen LogP contribution in [0.3, 0.4) is 0 Å². The van der Waals surface area contributed by atoms with E-state index in [0.717, 1.165) is 30.8 Å². The number of ether oxygens (including phenoxy) is 2. The number of hydrogen-bond donors (Lipinski definition) is 1. The third-order valence-electron chi connectivity index (χ3n) is 5.48. The van der Waals surface area contributed by atoms with Crippen LogP contribution in [0, 0.1) is 0 Å². The van der Waals surface area contributed by atoms with Crippen LogP contribution < -0.4 is 15.4 Å². The van der Waals surface area contributed by atoms with Crippen molar-refractivity contribution in [1.29, 1.82) is 0 Å². The Balaban J connectivity index is 1.54. The Kier molecular flexibility index (Phi) is 3.89. The Labute approximate surface area is 155 Å². The lowest BCUT2D eigenvalue weighted by atomic mass is 10.0. The van der Waals surface area contributed by atoms with Gasteiger partial charge in [-0.25, -0.2) is 9.97 Å². The van der Waals surface area contributed by atoms with E-state index in [2.05, 4.69) is 31.7 Å². The Morgan fingerprint density at radius 1 is 1.26 bits per heavy atom. The second-order valence-electron chi connectivity index (χ2n) is 7.41. The normalized spacial score (nSPS) is 24.0. The molecule has 3 aliphatic rings. The average molecular weight is 374 g/mol. The summed E-state index contributed by atoms with van der Waals surface area (Å²) in [6.45, 7) is -1.36. The van der Waals surface area contributed by atoms with E-state index in [1.54, 1.807) is 0 Å². The van der Waals surface area contributed by atoms with Crippen LogP contribution in [0.15, 0.2) is 24.4 Å². The lowest BCUT2D eigenvalue weighted by Crippen LogP contribution is -2.36. The molecule has 1 aromatic heterocycles. The Morgan fingerprint density at radius 3 is 2.78 bits per heavy atom. The van der Waals surface area contributed by atoms with E-state index in [9.17, 15) is 8.78 Å². The SMILES string of the molecule is Nc1ncc(-c2cc(C3CC3)cc(N3C[C@@H]4C[C@H]3CO4)c2)nc1OC(F)F. The summed E-state index contributed by atoms with van der Waals surface area (Å²) in [5.74, 6) is 0.0689. The molecule has 1 aromatic carbocycles. The summed E-state index contributed by atoms with van der Waals surface area (Å²) in [5.41, 5.74) is 9.31. The van der Waals surface area contributed by atoms with Gasteiger partial charge in [-0.15, -0.1) is 0 Å². The number of fused-ring (bicyclic) bond motifs is 2. The van der Waals surface area contributed by atoms with Crippen molar-refractivity contribution < 1.29 is 18.3 Å². The molecule has 0 radical (unpaired) electrons. The summed E-state index contributed by atoms with van der Waals surface area (Å²) < 4.78 is 35.3. The van der Waals surface area contributed by atoms with Gasteiger partial charge in [0, 0.05) is 17.8 Å². The van der Waals surface area contributed by atoms with Gasteiger partial charge in [-0.2, -0.15) is 8.78 Å². The number of benzene rings is 1. The molecule has 2 bridgehead atoms. The zero-order valence-electron chi connectivity index (χ0n) is 14.6. The van der Waals surface area contributed by atoms with E-state index in [1.165, 1.54) is 24.6 Å². The van der Waals surface area contributed by atoms with Gasteiger partial charge in [0.25, 0.3) is 5.88 Å². The van der Waals surface area contributed by atoms with Crippen LogP contribution in [0.4, 0.5) is 20.3 Å².